The van der Waals surface area contributed by atoms with Crippen molar-refractivity contribution >= 4 is 75.4 Å². The minimum atomic E-state index is 0.852. The summed E-state index contributed by atoms with van der Waals surface area (Å²) >= 11 is 0. The predicted molar refractivity (Wildman–Crippen MR) is 246 cm³/mol. The fourth-order valence-corrected chi connectivity index (χ4v) is 9.62. The summed E-state index contributed by atoms with van der Waals surface area (Å²) in [6.07, 6.45) is 1.97. The molecule has 12 aromatic rings. The van der Waals surface area contributed by atoms with Crippen LogP contribution in [0, 0.1) is 0 Å². The van der Waals surface area contributed by atoms with Gasteiger partial charge in [-0.1, -0.05) is 194 Å². The van der Waals surface area contributed by atoms with Crippen molar-refractivity contribution in [2.24, 2.45) is 0 Å². The van der Waals surface area contributed by atoms with Crippen molar-refractivity contribution in [2.75, 3.05) is 0 Å². The molecule has 0 fully saturated rings. The van der Waals surface area contributed by atoms with Gasteiger partial charge in [-0.15, -0.1) is 0 Å². The van der Waals surface area contributed by atoms with Crippen LogP contribution in [0.3, 0.4) is 0 Å². The van der Waals surface area contributed by atoms with E-state index in [2.05, 4.69) is 188 Å². The fourth-order valence-electron chi connectivity index (χ4n) is 9.62. The second-order valence-electron chi connectivity index (χ2n) is 15.2. The average molecular weight is 735 g/mol. The lowest BCUT2D eigenvalue weighted by molar-refractivity contribution is 1.22. The van der Waals surface area contributed by atoms with E-state index in [0.717, 1.165) is 44.5 Å². The molecule has 0 atom stereocenters. The van der Waals surface area contributed by atoms with Crippen LogP contribution in [0.4, 0.5) is 0 Å². The minimum absolute atomic E-state index is 0.852. The van der Waals surface area contributed by atoms with Gasteiger partial charge in [0.2, 0.25) is 0 Å². The number of rotatable bonds is 4. The number of fused-ring (bicyclic) bond motifs is 7. The summed E-state index contributed by atoms with van der Waals surface area (Å²) in [7, 11) is 0. The first-order chi connectivity index (χ1) is 28.8. The number of nitrogens with zero attached hydrogens (tertiary/aromatic N) is 2. The highest BCUT2D eigenvalue weighted by Gasteiger charge is 2.22. The van der Waals surface area contributed by atoms with Crippen LogP contribution in [0.2, 0.25) is 0 Å². The molecule has 58 heavy (non-hydrogen) atoms. The molecule has 2 nitrogen and oxygen atoms in total. The quantitative estimate of drug-likeness (QED) is 0.133. The third-order valence-corrected chi connectivity index (χ3v) is 12.0. The van der Waals surface area contributed by atoms with E-state index in [0.29, 0.717) is 0 Å². The maximum atomic E-state index is 5.51. The Morgan fingerprint density at radius 1 is 0.293 bits per heavy atom. The van der Waals surface area contributed by atoms with Crippen molar-refractivity contribution < 1.29 is 0 Å². The molecule has 2 heteroatoms. The van der Waals surface area contributed by atoms with Crippen molar-refractivity contribution in [1.29, 1.82) is 0 Å². The first kappa shape index (κ1) is 32.6. The van der Waals surface area contributed by atoms with Crippen LogP contribution in [-0.2, 0) is 0 Å². The van der Waals surface area contributed by atoms with Gasteiger partial charge in [-0.05, 0) is 92.6 Å². The monoisotopic (exact) mass is 734 g/mol. The molecule has 0 N–H and O–H groups in total. The standard InChI is InChI=1S/C56H34N2/c1-3-17-35(18-4-1)55-56(36-19-5-2-6-20-36)58-50(34-57-55)53-46-28-13-11-26-44(46)52(45-27-12-14-29-47(45)53)49-33-37-21-15-30-42-40-24-9-7-22-38(40)39-23-8-10-25-41(39)43-31-16-32-48(49)54(43)51(37)42/h1-34H. The van der Waals surface area contributed by atoms with E-state index in [1.165, 1.54) is 75.8 Å². The Hall–Kier alpha value is -7.68. The summed E-state index contributed by atoms with van der Waals surface area (Å²) in [5, 5.41) is 17.3. The fraction of sp³-hybridized carbons (Fsp3) is 0. The molecular formula is C56H34N2. The Labute approximate surface area is 335 Å². The van der Waals surface area contributed by atoms with Crippen molar-refractivity contribution in [3.05, 3.63) is 206 Å². The SMILES string of the molecule is c1ccc(-c2ncc(-c3c4ccccc4c(-c4cc5cccc6c7ccccc7c7ccccc7c7cccc4c7c56)c4ccccc34)nc2-c2ccccc2)cc1. The smallest absolute Gasteiger partial charge is 0.0972 e. The zero-order chi connectivity index (χ0) is 38.2. The highest BCUT2D eigenvalue weighted by Crippen LogP contribution is 2.49. The zero-order valence-electron chi connectivity index (χ0n) is 31.5. The predicted octanol–water partition coefficient (Wildman–Crippen LogP) is 15.2. The molecule has 0 saturated carbocycles. The van der Waals surface area contributed by atoms with E-state index in [-0.39, 0.29) is 0 Å². The Bertz CT molecular complexity index is 3550. The molecule has 1 heterocycles. The molecule has 12 rings (SSSR count). The van der Waals surface area contributed by atoms with Crippen molar-refractivity contribution in [3.8, 4) is 44.9 Å². The maximum absolute atomic E-state index is 5.51. The molecule has 268 valence electrons. The zero-order valence-corrected chi connectivity index (χ0v) is 31.5. The van der Waals surface area contributed by atoms with E-state index in [1.54, 1.807) is 0 Å². The average Bonchev–Trinajstić information content (AvgIpc) is 3.30. The molecule has 0 saturated heterocycles. The summed E-state index contributed by atoms with van der Waals surface area (Å²) in [6, 6.07) is 72.5. The van der Waals surface area contributed by atoms with Crippen molar-refractivity contribution in [2.45, 2.75) is 0 Å². The highest BCUT2D eigenvalue weighted by molar-refractivity contribution is 6.36. The molecule has 0 aliphatic rings. The van der Waals surface area contributed by atoms with Gasteiger partial charge in [0.1, 0.15) is 0 Å². The van der Waals surface area contributed by atoms with Gasteiger partial charge in [-0.25, -0.2) is 4.98 Å². The second kappa shape index (κ2) is 12.9. The number of aromatic nitrogens is 2. The number of hydrogen-bond acceptors (Lipinski definition) is 2. The maximum Gasteiger partial charge on any atom is 0.0972 e. The Morgan fingerprint density at radius 3 is 1.28 bits per heavy atom. The normalized spacial score (nSPS) is 11.8. The van der Waals surface area contributed by atoms with E-state index >= 15 is 0 Å². The van der Waals surface area contributed by atoms with Crippen molar-refractivity contribution in [3.63, 3.8) is 0 Å². The minimum Gasteiger partial charge on any atom is -0.252 e. The number of hydrogen-bond donors (Lipinski definition) is 0. The van der Waals surface area contributed by atoms with Crippen molar-refractivity contribution in [1.82, 2.24) is 9.97 Å². The van der Waals surface area contributed by atoms with Gasteiger partial charge in [-0.2, -0.15) is 0 Å². The summed E-state index contributed by atoms with van der Waals surface area (Å²) in [5.74, 6) is 0. The summed E-state index contributed by atoms with van der Waals surface area (Å²) in [6.45, 7) is 0. The molecule has 0 unspecified atom stereocenters. The Balaban J connectivity index is 1.22. The van der Waals surface area contributed by atoms with Crippen LogP contribution in [0.25, 0.3) is 120 Å². The Kier molecular flexibility index (Phi) is 7.26. The lowest BCUT2D eigenvalue weighted by atomic mass is 9.83. The van der Waals surface area contributed by atoms with Gasteiger partial charge >= 0.3 is 0 Å². The second-order valence-corrected chi connectivity index (χ2v) is 15.2. The molecule has 1 aromatic heterocycles. The first-order valence-electron chi connectivity index (χ1n) is 19.9. The van der Waals surface area contributed by atoms with Crippen LogP contribution in [0.1, 0.15) is 0 Å². The van der Waals surface area contributed by atoms with Crippen LogP contribution in [0.15, 0.2) is 206 Å². The lowest BCUT2D eigenvalue weighted by Crippen LogP contribution is -1.98. The van der Waals surface area contributed by atoms with E-state index < -0.39 is 0 Å². The largest absolute Gasteiger partial charge is 0.252 e. The van der Waals surface area contributed by atoms with E-state index in [1.807, 2.05) is 18.3 Å². The van der Waals surface area contributed by atoms with Gasteiger partial charge < -0.3 is 0 Å². The van der Waals surface area contributed by atoms with E-state index in [4.69, 9.17) is 9.97 Å². The van der Waals surface area contributed by atoms with Gasteiger partial charge in [0, 0.05) is 16.7 Å². The number of benzene rings is 10. The third kappa shape index (κ3) is 4.85. The first-order valence-corrected chi connectivity index (χ1v) is 19.9. The summed E-state index contributed by atoms with van der Waals surface area (Å²) < 4.78 is 0. The molecule has 0 amide bonds. The van der Waals surface area contributed by atoms with Gasteiger partial charge in [0.05, 0.1) is 23.3 Å². The molecule has 0 bridgehead atoms. The molecular weight excluding hydrogens is 701 g/mol. The van der Waals surface area contributed by atoms with Crippen LogP contribution < -0.4 is 0 Å². The third-order valence-electron chi connectivity index (χ3n) is 12.0. The van der Waals surface area contributed by atoms with E-state index in [9.17, 15) is 0 Å². The summed E-state index contributed by atoms with van der Waals surface area (Å²) in [5.41, 5.74) is 8.22. The van der Waals surface area contributed by atoms with Gasteiger partial charge in [0.15, 0.2) is 0 Å². The van der Waals surface area contributed by atoms with Crippen LogP contribution in [0.5, 0.6) is 0 Å². The highest BCUT2D eigenvalue weighted by atomic mass is 14.8. The molecule has 11 aromatic carbocycles. The molecule has 0 radical (unpaired) electrons. The van der Waals surface area contributed by atoms with Crippen LogP contribution >= 0.6 is 0 Å². The lowest BCUT2D eigenvalue weighted by Gasteiger charge is -2.21. The molecule has 0 aliphatic carbocycles. The topological polar surface area (TPSA) is 25.8 Å². The summed E-state index contributed by atoms with van der Waals surface area (Å²) in [4.78, 5) is 10.7. The Morgan fingerprint density at radius 2 is 0.707 bits per heavy atom. The van der Waals surface area contributed by atoms with Gasteiger partial charge in [-0.3, -0.25) is 4.98 Å². The molecule has 0 aliphatic heterocycles. The van der Waals surface area contributed by atoms with Gasteiger partial charge in [0.25, 0.3) is 0 Å². The van der Waals surface area contributed by atoms with Crippen LogP contribution in [-0.4, -0.2) is 9.97 Å². The molecule has 0 spiro atoms.